The van der Waals surface area contributed by atoms with Gasteiger partial charge in [0.15, 0.2) is 0 Å². The van der Waals surface area contributed by atoms with Gasteiger partial charge in [-0.1, -0.05) is 37.3 Å². The maximum Gasteiger partial charge on any atom is 0.0557 e. The summed E-state index contributed by atoms with van der Waals surface area (Å²) in [5.74, 6) is 0.290. The minimum Gasteiger partial charge on any atom is -0.322 e. The van der Waals surface area contributed by atoms with E-state index in [2.05, 4.69) is 43.2 Å². The lowest BCUT2D eigenvalue weighted by atomic mass is 9.92. The smallest absolute Gasteiger partial charge is 0.0557 e. The molecule has 0 saturated carbocycles. The highest BCUT2D eigenvalue weighted by Gasteiger charge is 2.19. The Kier molecular flexibility index (Phi) is 3.59. The molecule has 1 aromatic heterocycles. The number of hydrogen-bond donors (Lipinski definition) is 1. The largest absolute Gasteiger partial charge is 0.322 e. The van der Waals surface area contributed by atoms with E-state index in [0.717, 1.165) is 12.2 Å². The van der Waals surface area contributed by atoms with Gasteiger partial charge in [-0.15, -0.1) is 0 Å². The minimum absolute atomic E-state index is 0.0140. The van der Waals surface area contributed by atoms with Crippen LogP contribution in [0.2, 0.25) is 0 Å². The lowest BCUT2D eigenvalue weighted by Gasteiger charge is -2.21. The van der Waals surface area contributed by atoms with Gasteiger partial charge in [0.05, 0.1) is 11.7 Å². The Hall–Kier alpha value is -1.61. The molecule has 0 bridgehead atoms. The quantitative estimate of drug-likeness (QED) is 0.876. The van der Waals surface area contributed by atoms with Gasteiger partial charge in [0, 0.05) is 18.7 Å². The second-order valence-electron chi connectivity index (χ2n) is 4.30. The second kappa shape index (κ2) is 5.15. The Morgan fingerprint density at radius 1 is 1.24 bits per heavy atom. The summed E-state index contributed by atoms with van der Waals surface area (Å²) in [5.41, 5.74) is 8.70. The van der Waals surface area contributed by atoms with Crippen LogP contribution in [0.25, 0.3) is 0 Å². The van der Waals surface area contributed by atoms with E-state index in [1.54, 1.807) is 0 Å². The molecule has 0 aliphatic rings. The molecule has 0 aliphatic carbocycles. The van der Waals surface area contributed by atoms with Crippen molar-refractivity contribution in [1.29, 1.82) is 0 Å². The first-order valence-electron chi connectivity index (χ1n) is 6.06. The van der Waals surface area contributed by atoms with E-state index < -0.39 is 0 Å². The highest BCUT2D eigenvalue weighted by molar-refractivity contribution is 5.23. The molecule has 2 aromatic rings. The molecule has 0 saturated heterocycles. The molecule has 0 fully saturated rings. The van der Waals surface area contributed by atoms with Crippen molar-refractivity contribution in [2.24, 2.45) is 5.73 Å². The predicted molar refractivity (Wildman–Crippen MR) is 69.7 cm³/mol. The molecule has 2 atom stereocenters. The van der Waals surface area contributed by atoms with Gasteiger partial charge in [-0.2, -0.15) is 5.10 Å². The van der Waals surface area contributed by atoms with Crippen molar-refractivity contribution in [3.05, 3.63) is 53.9 Å². The fourth-order valence-corrected chi connectivity index (χ4v) is 2.11. The molecule has 0 aliphatic heterocycles. The Morgan fingerprint density at radius 2 is 1.94 bits per heavy atom. The van der Waals surface area contributed by atoms with Gasteiger partial charge < -0.3 is 5.73 Å². The molecule has 17 heavy (non-hydrogen) atoms. The van der Waals surface area contributed by atoms with E-state index in [9.17, 15) is 0 Å². The molecule has 2 rings (SSSR count). The molecule has 0 radical (unpaired) electrons. The second-order valence-corrected chi connectivity index (χ2v) is 4.30. The fourth-order valence-electron chi connectivity index (χ4n) is 2.11. The van der Waals surface area contributed by atoms with Gasteiger partial charge in [-0.05, 0) is 18.6 Å². The summed E-state index contributed by atoms with van der Waals surface area (Å²) < 4.78 is 1.96. The van der Waals surface area contributed by atoms with Gasteiger partial charge >= 0.3 is 0 Å². The van der Waals surface area contributed by atoms with Crippen molar-refractivity contribution in [3.8, 4) is 0 Å². The summed E-state index contributed by atoms with van der Waals surface area (Å²) in [7, 11) is 0. The van der Waals surface area contributed by atoms with Crippen molar-refractivity contribution >= 4 is 0 Å². The lowest BCUT2D eigenvalue weighted by Crippen LogP contribution is -2.21. The standard InChI is InChI=1S/C14H19N3/c1-3-17-13(9-10-16-17)14(15)11(2)12-7-5-4-6-8-12/h4-11,14H,3,15H2,1-2H3. The van der Waals surface area contributed by atoms with Crippen molar-refractivity contribution in [1.82, 2.24) is 9.78 Å². The molecular formula is C14H19N3. The molecular weight excluding hydrogens is 210 g/mol. The average Bonchev–Trinajstić information content (AvgIpc) is 2.86. The molecule has 2 N–H and O–H groups in total. The molecule has 2 unspecified atom stereocenters. The number of rotatable bonds is 4. The van der Waals surface area contributed by atoms with Crippen LogP contribution in [0.1, 0.15) is 37.1 Å². The third kappa shape index (κ3) is 2.39. The van der Waals surface area contributed by atoms with Crippen molar-refractivity contribution in [2.75, 3.05) is 0 Å². The first-order chi connectivity index (χ1) is 8.24. The summed E-state index contributed by atoms with van der Waals surface area (Å²) in [5, 5.41) is 4.27. The SMILES string of the molecule is CCn1nccc1C(N)C(C)c1ccccc1. The molecule has 3 heteroatoms. The monoisotopic (exact) mass is 229 g/mol. The molecule has 0 amide bonds. The summed E-state index contributed by atoms with van der Waals surface area (Å²) >= 11 is 0. The third-order valence-electron chi connectivity index (χ3n) is 3.25. The normalized spacial score (nSPS) is 14.5. The summed E-state index contributed by atoms with van der Waals surface area (Å²) in [6.45, 7) is 5.10. The Balaban J connectivity index is 2.23. The van der Waals surface area contributed by atoms with Crippen LogP contribution in [-0.4, -0.2) is 9.78 Å². The van der Waals surface area contributed by atoms with Gasteiger partial charge in [0.2, 0.25) is 0 Å². The van der Waals surface area contributed by atoms with Crippen LogP contribution in [0.5, 0.6) is 0 Å². The molecule has 1 heterocycles. The first kappa shape index (κ1) is 11.9. The van der Waals surface area contributed by atoms with E-state index in [-0.39, 0.29) is 12.0 Å². The van der Waals surface area contributed by atoms with Gasteiger partial charge in [0.1, 0.15) is 0 Å². The topological polar surface area (TPSA) is 43.8 Å². The average molecular weight is 229 g/mol. The van der Waals surface area contributed by atoms with Crippen LogP contribution in [0.3, 0.4) is 0 Å². The van der Waals surface area contributed by atoms with E-state index in [1.165, 1.54) is 5.56 Å². The highest BCUT2D eigenvalue weighted by atomic mass is 15.3. The maximum absolute atomic E-state index is 6.33. The van der Waals surface area contributed by atoms with Crippen molar-refractivity contribution < 1.29 is 0 Å². The summed E-state index contributed by atoms with van der Waals surface area (Å²) in [6.07, 6.45) is 1.82. The lowest BCUT2D eigenvalue weighted by molar-refractivity contribution is 0.520. The predicted octanol–water partition coefficient (Wildman–Crippen LogP) is 2.71. The van der Waals surface area contributed by atoms with Crippen LogP contribution in [0, 0.1) is 0 Å². The zero-order chi connectivity index (χ0) is 12.3. The number of nitrogens with zero attached hydrogens (tertiary/aromatic N) is 2. The van der Waals surface area contributed by atoms with Gasteiger partial charge in [0.25, 0.3) is 0 Å². The van der Waals surface area contributed by atoms with Crippen LogP contribution >= 0.6 is 0 Å². The Bertz CT molecular complexity index is 461. The molecule has 1 aromatic carbocycles. The Labute approximate surface area is 102 Å². The maximum atomic E-state index is 6.33. The summed E-state index contributed by atoms with van der Waals surface area (Å²) in [6, 6.07) is 12.4. The van der Waals surface area contributed by atoms with Crippen LogP contribution in [-0.2, 0) is 6.54 Å². The van der Waals surface area contributed by atoms with Crippen molar-refractivity contribution in [3.63, 3.8) is 0 Å². The Morgan fingerprint density at radius 3 is 2.59 bits per heavy atom. The van der Waals surface area contributed by atoms with Crippen LogP contribution in [0.4, 0.5) is 0 Å². The first-order valence-corrected chi connectivity index (χ1v) is 6.06. The van der Waals surface area contributed by atoms with Crippen LogP contribution in [0.15, 0.2) is 42.6 Å². The van der Waals surface area contributed by atoms with Gasteiger partial charge in [-0.3, -0.25) is 4.68 Å². The zero-order valence-corrected chi connectivity index (χ0v) is 10.4. The van der Waals surface area contributed by atoms with E-state index in [4.69, 9.17) is 5.73 Å². The highest BCUT2D eigenvalue weighted by Crippen LogP contribution is 2.28. The molecule has 0 spiro atoms. The number of aryl methyl sites for hydroxylation is 1. The third-order valence-corrected chi connectivity index (χ3v) is 3.25. The van der Waals surface area contributed by atoms with E-state index >= 15 is 0 Å². The molecule has 3 nitrogen and oxygen atoms in total. The van der Waals surface area contributed by atoms with E-state index in [1.807, 2.05) is 23.0 Å². The zero-order valence-electron chi connectivity index (χ0n) is 10.4. The number of aromatic nitrogens is 2. The molecule has 90 valence electrons. The number of benzene rings is 1. The van der Waals surface area contributed by atoms with Crippen molar-refractivity contribution in [2.45, 2.75) is 32.4 Å². The van der Waals surface area contributed by atoms with Gasteiger partial charge in [-0.25, -0.2) is 0 Å². The fraction of sp³-hybridized carbons (Fsp3) is 0.357. The number of hydrogen-bond acceptors (Lipinski definition) is 2. The minimum atomic E-state index is -0.0140. The summed E-state index contributed by atoms with van der Waals surface area (Å²) in [4.78, 5) is 0. The van der Waals surface area contributed by atoms with E-state index in [0.29, 0.717) is 0 Å². The number of nitrogens with two attached hydrogens (primary N) is 1. The van der Waals surface area contributed by atoms with Crippen LogP contribution < -0.4 is 5.73 Å².